The summed E-state index contributed by atoms with van der Waals surface area (Å²) in [5, 5.41) is 4.11. The molecule has 0 N–H and O–H groups in total. The number of nitrogens with zero attached hydrogens (tertiary/aromatic N) is 2. The van der Waals surface area contributed by atoms with Gasteiger partial charge in [-0.15, -0.1) is 30.4 Å². The highest BCUT2D eigenvalue weighted by molar-refractivity contribution is 8.00. The lowest BCUT2D eigenvalue weighted by Crippen LogP contribution is -2.29. The van der Waals surface area contributed by atoms with Crippen LogP contribution in [0.5, 0.6) is 5.88 Å². The number of thiol groups is 2. The average Bonchev–Trinajstić information content (AvgIpc) is 2.64. The van der Waals surface area contributed by atoms with Crippen LogP contribution in [0.25, 0.3) is 0 Å². The summed E-state index contributed by atoms with van der Waals surface area (Å²) in [6.07, 6.45) is 0.952. The standard InChI is InChI=1S/C16H26N2O3S2/c1-13(2,3)21-12(19)18-9-8-10(17-18)20-16(22,23)11-14(4,5)15(11,6)7/h8-9,11,22-23H,1-7H3. The minimum absolute atomic E-state index is 0.0598. The van der Waals surface area contributed by atoms with Crippen LogP contribution in [-0.4, -0.2) is 25.7 Å². The lowest BCUT2D eigenvalue weighted by molar-refractivity contribution is 0.0510. The summed E-state index contributed by atoms with van der Waals surface area (Å²) in [6, 6.07) is 1.60. The van der Waals surface area contributed by atoms with Gasteiger partial charge in [0.05, 0.1) is 0 Å². The molecule has 1 aromatic heterocycles. The van der Waals surface area contributed by atoms with E-state index in [1.54, 1.807) is 26.8 Å². The smallest absolute Gasteiger partial charge is 0.435 e. The molecule has 1 heterocycles. The third-order valence-electron chi connectivity index (χ3n) is 4.80. The number of ether oxygens (including phenoxy) is 2. The molecule has 0 amide bonds. The molecule has 0 bridgehead atoms. The largest absolute Gasteiger partial charge is 0.449 e. The van der Waals surface area contributed by atoms with Crippen molar-refractivity contribution < 1.29 is 14.3 Å². The van der Waals surface area contributed by atoms with E-state index in [-0.39, 0.29) is 16.7 Å². The first-order valence-electron chi connectivity index (χ1n) is 7.61. The summed E-state index contributed by atoms with van der Waals surface area (Å²) in [7, 11) is 0. The Hall–Kier alpha value is -0.820. The van der Waals surface area contributed by atoms with Crippen molar-refractivity contribution in [1.82, 2.24) is 9.78 Å². The molecule has 0 atom stereocenters. The van der Waals surface area contributed by atoms with Gasteiger partial charge in [0.2, 0.25) is 10.1 Å². The van der Waals surface area contributed by atoms with Gasteiger partial charge in [-0.25, -0.2) is 4.79 Å². The molecular weight excluding hydrogens is 332 g/mol. The Labute approximate surface area is 148 Å². The van der Waals surface area contributed by atoms with E-state index in [2.05, 4.69) is 58.1 Å². The highest BCUT2D eigenvalue weighted by Gasteiger charge is 2.72. The van der Waals surface area contributed by atoms with Crippen LogP contribution < -0.4 is 4.74 Å². The molecule has 0 saturated heterocycles. The molecule has 0 unspecified atom stereocenters. The molecule has 0 radical (unpaired) electrons. The molecule has 1 fully saturated rings. The van der Waals surface area contributed by atoms with Gasteiger partial charge < -0.3 is 9.47 Å². The van der Waals surface area contributed by atoms with Gasteiger partial charge in [0.15, 0.2) is 0 Å². The van der Waals surface area contributed by atoms with Gasteiger partial charge in [-0.05, 0) is 31.6 Å². The third kappa shape index (κ3) is 3.50. The molecular formula is C16H26N2O3S2. The highest BCUT2D eigenvalue weighted by atomic mass is 32.2. The summed E-state index contributed by atoms with van der Waals surface area (Å²) >= 11 is 9.18. The topological polar surface area (TPSA) is 53.4 Å². The second-order valence-electron chi connectivity index (χ2n) is 8.22. The Bertz CT molecular complexity index is 601. The van der Waals surface area contributed by atoms with E-state index in [9.17, 15) is 4.79 Å². The van der Waals surface area contributed by atoms with E-state index in [0.717, 1.165) is 4.68 Å². The predicted octanol–water partition coefficient (Wildman–Crippen LogP) is 4.24. The van der Waals surface area contributed by atoms with Gasteiger partial charge >= 0.3 is 6.09 Å². The number of carbonyl (C=O) groups excluding carboxylic acids is 1. The Balaban J connectivity index is 2.09. The first-order valence-corrected chi connectivity index (χ1v) is 8.51. The minimum Gasteiger partial charge on any atom is -0.449 e. The third-order valence-corrected chi connectivity index (χ3v) is 5.50. The summed E-state index contributed by atoms with van der Waals surface area (Å²) < 4.78 is 11.2. The van der Waals surface area contributed by atoms with Gasteiger partial charge in [-0.2, -0.15) is 4.68 Å². The van der Waals surface area contributed by atoms with Crippen molar-refractivity contribution in [2.75, 3.05) is 0 Å². The van der Waals surface area contributed by atoms with E-state index in [1.807, 2.05) is 0 Å². The summed E-state index contributed by atoms with van der Waals surface area (Å²) in [5.41, 5.74) is -0.461. The number of hydrogen-bond donors (Lipinski definition) is 2. The van der Waals surface area contributed by atoms with E-state index in [4.69, 9.17) is 9.47 Å². The Morgan fingerprint density at radius 2 is 1.74 bits per heavy atom. The Morgan fingerprint density at radius 3 is 2.17 bits per heavy atom. The van der Waals surface area contributed by atoms with Crippen molar-refractivity contribution in [3.8, 4) is 5.88 Å². The highest BCUT2D eigenvalue weighted by Crippen LogP contribution is 2.73. The van der Waals surface area contributed by atoms with Crippen molar-refractivity contribution in [2.45, 2.75) is 58.3 Å². The van der Waals surface area contributed by atoms with Crippen LogP contribution in [0.15, 0.2) is 12.3 Å². The minimum atomic E-state index is -0.972. The van der Waals surface area contributed by atoms with Gasteiger partial charge in [0, 0.05) is 18.2 Å². The quantitative estimate of drug-likeness (QED) is 0.627. The van der Waals surface area contributed by atoms with E-state index < -0.39 is 16.0 Å². The van der Waals surface area contributed by atoms with Crippen molar-refractivity contribution in [3.63, 3.8) is 0 Å². The fraction of sp³-hybridized carbons (Fsp3) is 0.750. The molecule has 0 aliphatic heterocycles. The molecule has 7 heteroatoms. The molecule has 0 spiro atoms. The maximum absolute atomic E-state index is 12.0. The lowest BCUT2D eigenvalue weighted by Gasteiger charge is -2.25. The van der Waals surface area contributed by atoms with Gasteiger partial charge in [0.25, 0.3) is 0 Å². The van der Waals surface area contributed by atoms with E-state index >= 15 is 0 Å². The van der Waals surface area contributed by atoms with Crippen LogP contribution >= 0.6 is 25.3 Å². The van der Waals surface area contributed by atoms with Crippen molar-refractivity contribution in [2.24, 2.45) is 16.7 Å². The molecule has 130 valence electrons. The molecule has 1 aliphatic rings. The van der Waals surface area contributed by atoms with Crippen molar-refractivity contribution >= 4 is 31.4 Å². The van der Waals surface area contributed by atoms with Gasteiger partial charge in [-0.3, -0.25) is 0 Å². The second kappa shape index (κ2) is 5.34. The Morgan fingerprint density at radius 1 is 1.22 bits per heavy atom. The number of hydrogen-bond acceptors (Lipinski definition) is 6. The second-order valence-corrected chi connectivity index (χ2v) is 9.90. The number of carbonyl (C=O) groups is 1. The summed E-state index contributed by atoms with van der Waals surface area (Å²) in [5.74, 6) is 0.431. The number of aromatic nitrogens is 2. The summed E-state index contributed by atoms with van der Waals surface area (Å²) in [4.78, 5) is 12.0. The van der Waals surface area contributed by atoms with Crippen LogP contribution in [0, 0.1) is 16.7 Å². The maximum Gasteiger partial charge on any atom is 0.435 e. The van der Waals surface area contributed by atoms with Crippen LogP contribution in [-0.2, 0) is 4.74 Å². The zero-order valence-corrected chi connectivity index (χ0v) is 16.5. The molecule has 0 aromatic carbocycles. The molecule has 1 aliphatic carbocycles. The monoisotopic (exact) mass is 358 g/mol. The van der Waals surface area contributed by atoms with Crippen molar-refractivity contribution in [1.29, 1.82) is 0 Å². The first-order chi connectivity index (χ1) is 10.2. The van der Waals surface area contributed by atoms with Gasteiger partial charge in [0.1, 0.15) is 5.60 Å². The molecule has 23 heavy (non-hydrogen) atoms. The first kappa shape index (κ1) is 18.5. The molecule has 1 aromatic rings. The zero-order chi connectivity index (χ0) is 17.8. The maximum atomic E-state index is 12.0. The zero-order valence-electron chi connectivity index (χ0n) is 14.7. The van der Waals surface area contributed by atoms with E-state index in [0.29, 0.717) is 5.88 Å². The van der Waals surface area contributed by atoms with E-state index in [1.165, 1.54) is 6.20 Å². The average molecular weight is 359 g/mol. The number of rotatable bonds is 3. The van der Waals surface area contributed by atoms with Crippen LogP contribution in [0.1, 0.15) is 48.5 Å². The van der Waals surface area contributed by atoms with Crippen LogP contribution in [0.2, 0.25) is 0 Å². The molecule has 2 rings (SSSR count). The fourth-order valence-corrected chi connectivity index (χ4v) is 4.60. The normalized spacial score (nSPS) is 20.2. The van der Waals surface area contributed by atoms with Crippen LogP contribution in [0.4, 0.5) is 4.79 Å². The fourth-order valence-electron chi connectivity index (χ4n) is 3.12. The van der Waals surface area contributed by atoms with Gasteiger partial charge in [-0.1, -0.05) is 27.7 Å². The Kier molecular flexibility index (Phi) is 4.30. The SMILES string of the molecule is CC(C)(C)OC(=O)n1ccc(OC(S)(S)C2C(C)(C)C2(C)C)n1. The van der Waals surface area contributed by atoms with Crippen molar-refractivity contribution in [3.05, 3.63) is 12.3 Å². The lowest BCUT2D eigenvalue weighted by atomic mass is 10.0. The molecule has 5 nitrogen and oxygen atoms in total. The van der Waals surface area contributed by atoms with Crippen LogP contribution in [0.3, 0.4) is 0 Å². The summed E-state index contributed by atoms with van der Waals surface area (Å²) in [6.45, 7) is 14.1. The predicted molar refractivity (Wildman–Crippen MR) is 96.2 cm³/mol. The molecule has 1 saturated carbocycles.